The third kappa shape index (κ3) is 4.60. The fourth-order valence-electron chi connectivity index (χ4n) is 1.52. The topological polar surface area (TPSA) is 72.2 Å². The van der Waals surface area contributed by atoms with Gasteiger partial charge in [-0.1, -0.05) is 23.8 Å². The molecule has 1 atom stereocenters. The highest BCUT2D eigenvalue weighted by atomic mass is 32.2. The second-order valence-electron chi connectivity index (χ2n) is 4.53. The van der Waals surface area contributed by atoms with Crippen LogP contribution in [0.5, 0.6) is 0 Å². The predicted octanol–water partition coefficient (Wildman–Crippen LogP) is 1.95. The maximum atomic E-state index is 11.3. The molecule has 0 fully saturated rings. The number of primary sulfonamides is 1. The molecule has 0 aliphatic rings. The summed E-state index contributed by atoms with van der Waals surface area (Å²) in [7, 11) is -3.63. The van der Waals surface area contributed by atoms with Gasteiger partial charge < -0.3 is 5.32 Å². The first-order valence-electron chi connectivity index (χ1n) is 5.80. The van der Waals surface area contributed by atoms with Gasteiger partial charge >= 0.3 is 0 Å². The number of nitrogens with one attached hydrogen (secondary N) is 1. The molecule has 1 rings (SSSR count). The smallest absolute Gasteiger partial charge is 0.238 e. The van der Waals surface area contributed by atoms with Crippen molar-refractivity contribution in [2.75, 3.05) is 6.54 Å². The number of benzene rings is 1. The van der Waals surface area contributed by atoms with Crippen LogP contribution in [0.1, 0.15) is 32.4 Å². The molecule has 0 spiro atoms. The van der Waals surface area contributed by atoms with Crippen molar-refractivity contribution in [3.05, 3.63) is 41.5 Å². The van der Waals surface area contributed by atoms with Gasteiger partial charge in [-0.05, 0) is 38.5 Å². The van der Waals surface area contributed by atoms with Gasteiger partial charge in [0.1, 0.15) is 0 Å². The molecule has 0 saturated heterocycles. The average molecular weight is 268 g/mol. The monoisotopic (exact) mass is 268 g/mol. The standard InChI is InChI=1S/C13H20N2O2S/c1-10(2)7-8-15-11(3)12-5-4-6-13(9-12)18(14,16)17/h4-7,9,11,15H,8H2,1-3H3,(H2,14,16,17). The van der Waals surface area contributed by atoms with Crippen molar-refractivity contribution in [2.45, 2.75) is 31.7 Å². The third-order valence-electron chi connectivity index (χ3n) is 2.62. The van der Waals surface area contributed by atoms with E-state index in [4.69, 9.17) is 5.14 Å². The van der Waals surface area contributed by atoms with Crippen LogP contribution in [0.25, 0.3) is 0 Å². The summed E-state index contributed by atoms with van der Waals surface area (Å²) >= 11 is 0. The maximum absolute atomic E-state index is 11.3. The molecule has 3 N–H and O–H groups in total. The minimum Gasteiger partial charge on any atom is -0.307 e. The molecule has 1 aromatic carbocycles. The molecule has 5 heteroatoms. The van der Waals surface area contributed by atoms with Crippen molar-refractivity contribution in [2.24, 2.45) is 5.14 Å². The first-order chi connectivity index (χ1) is 8.30. The van der Waals surface area contributed by atoms with E-state index >= 15 is 0 Å². The Hall–Kier alpha value is -1.17. The predicted molar refractivity (Wildman–Crippen MR) is 73.7 cm³/mol. The molecule has 0 saturated carbocycles. The molecule has 100 valence electrons. The first-order valence-corrected chi connectivity index (χ1v) is 7.35. The van der Waals surface area contributed by atoms with Gasteiger partial charge in [-0.15, -0.1) is 0 Å². The van der Waals surface area contributed by atoms with E-state index < -0.39 is 10.0 Å². The molecule has 4 nitrogen and oxygen atoms in total. The molecule has 1 aromatic rings. The number of hydrogen-bond donors (Lipinski definition) is 2. The highest BCUT2D eigenvalue weighted by Gasteiger charge is 2.10. The molecule has 18 heavy (non-hydrogen) atoms. The number of nitrogens with two attached hydrogens (primary N) is 1. The second-order valence-corrected chi connectivity index (χ2v) is 6.09. The number of rotatable bonds is 5. The Morgan fingerprint density at radius 3 is 2.67 bits per heavy atom. The molecule has 0 heterocycles. The third-order valence-corrected chi connectivity index (χ3v) is 3.53. The summed E-state index contributed by atoms with van der Waals surface area (Å²) in [6.45, 7) is 6.81. The van der Waals surface area contributed by atoms with E-state index in [1.807, 2.05) is 26.8 Å². The number of sulfonamides is 1. The van der Waals surface area contributed by atoms with Crippen LogP contribution in [-0.4, -0.2) is 15.0 Å². The van der Waals surface area contributed by atoms with Crippen molar-refractivity contribution < 1.29 is 8.42 Å². The van der Waals surface area contributed by atoms with Gasteiger partial charge in [-0.3, -0.25) is 0 Å². The zero-order valence-electron chi connectivity index (χ0n) is 11.0. The minimum absolute atomic E-state index is 0.0716. The van der Waals surface area contributed by atoms with Crippen molar-refractivity contribution in [1.29, 1.82) is 0 Å². The van der Waals surface area contributed by atoms with Gasteiger partial charge in [-0.25, -0.2) is 13.6 Å². The summed E-state index contributed by atoms with van der Waals surface area (Å²) in [5, 5.41) is 8.40. The van der Waals surface area contributed by atoms with Gasteiger partial charge in [0.2, 0.25) is 10.0 Å². The Bertz CT molecular complexity index is 532. The Labute approximate surface area is 109 Å². The molecular formula is C13H20N2O2S. The van der Waals surface area contributed by atoms with E-state index in [9.17, 15) is 8.42 Å². The SMILES string of the molecule is CC(C)=CCNC(C)c1cccc(S(N)(=O)=O)c1. The van der Waals surface area contributed by atoms with Crippen LogP contribution in [0.2, 0.25) is 0 Å². The molecule has 0 radical (unpaired) electrons. The van der Waals surface area contributed by atoms with E-state index in [-0.39, 0.29) is 10.9 Å². The zero-order valence-corrected chi connectivity index (χ0v) is 11.8. The van der Waals surface area contributed by atoms with Gasteiger partial charge in [0.05, 0.1) is 4.90 Å². The lowest BCUT2D eigenvalue weighted by atomic mass is 10.1. The van der Waals surface area contributed by atoms with Gasteiger partial charge in [0.25, 0.3) is 0 Å². The summed E-state index contributed by atoms with van der Waals surface area (Å²) in [5.41, 5.74) is 2.15. The van der Waals surface area contributed by atoms with E-state index in [2.05, 4.69) is 11.4 Å². The fourth-order valence-corrected chi connectivity index (χ4v) is 2.09. The molecule has 1 unspecified atom stereocenters. The van der Waals surface area contributed by atoms with E-state index in [0.29, 0.717) is 0 Å². The fraction of sp³-hybridized carbons (Fsp3) is 0.385. The number of hydrogen-bond acceptors (Lipinski definition) is 3. The molecular weight excluding hydrogens is 248 g/mol. The van der Waals surface area contributed by atoms with Crippen LogP contribution in [0.15, 0.2) is 40.8 Å². The Morgan fingerprint density at radius 2 is 2.11 bits per heavy atom. The quantitative estimate of drug-likeness (QED) is 0.802. The molecule has 0 aliphatic carbocycles. The van der Waals surface area contributed by atoms with Crippen LogP contribution in [0.4, 0.5) is 0 Å². The van der Waals surface area contributed by atoms with Crippen molar-refractivity contribution in [3.8, 4) is 0 Å². The first kappa shape index (κ1) is 14.9. The minimum atomic E-state index is -3.63. The van der Waals surface area contributed by atoms with Crippen LogP contribution in [-0.2, 0) is 10.0 Å². The highest BCUT2D eigenvalue weighted by Crippen LogP contribution is 2.16. The summed E-state index contributed by atoms with van der Waals surface area (Å²) < 4.78 is 22.5. The Balaban J connectivity index is 2.81. The second kappa shape index (κ2) is 6.13. The Morgan fingerprint density at radius 1 is 1.44 bits per heavy atom. The summed E-state index contributed by atoms with van der Waals surface area (Å²) in [4.78, 5) is 0.149. The van der Waals surface area contributed by atoms with Crippen molar-refractivity contribution in [3.63, 3.8) is 0 Å². The lowest BCUT2D eigenvalue weighted by Crippen LogP contribution is -2.19. The lowest BCUT2D eigenvalue weighted by Gasteiger charge is -2.13. The van der Waals surface area contributed by atoms with Crippen LogP contribution in [0, 0.1) is 0 Å². The largest absolute Gasteiger partial charge is 0.307 e. The molecule has 0 amide bonds. The normalized spacial score (nSPS) is 13.1. The Kier molecular flexibility index (Phi) is 5.07. The molecule has 0 aromatic heterocycles. The van der Waals surface area contributed by atoms with E-state index in [1.54, 1.807) is 12.1 Å². The number of allylic oxidation sites excluding steroid dienone is 1. The van der Waals surface area contributed by atoms with Crippen LogP contribution < -0.4 is 10.5 Å². The molecule has 0 aliphatic heterocycles. The van der Waals surface area contributed by atoms with E-state index in [1.165, 1.54) is 11.6 Å². The van der Waals surface area contributed by atoms with Gasteiger partial charge in [0.15, 0.2) is 0 Å². The zero-order chi connectivity index (χ0) is 13.8. The maximum Gasteiger partial charge on any atom is 0.238 e. The van der Waals surface area contributed by atoms with Crippen molar-refractivity contribution in [1.82, 2.24) is 5.32 Å². The average Bonchev–Trinajstić information content (AvgIpc) is 2.27. The van der Waals surface area contributed by atoms with E-state index in [0.717, 1.165) is 12.1 Å². The van der Waals surface area contributed by atoms with Crippen LogP contribution >= 0.6 is 0 Å². The van der Waals surface area contributed by atoms with Crippen molar-refractivity contribution >= 4 is 10.0 Å². The van der Waals surface area contributed by atoms with Gasteiger partial charge in [0, 0.05) is 12.6 Å². The summed E-state index contributed by atoms with van der Waals surface area (Å²) in [6, 6.07) is 6.77. The molecule has 0 bridgehead atoms. The summed E-state index contributed by atoms with van der Waals surface area (Å²) in [6.07, 6.45) is 2.08. The van der Waals surface area contributed by atoms with Gasteiger partial charge in [-0.2, -0.15) is 0 Å². The highest BCUT2D eigenvalue weighted by molar-refractivity contribution is 7.89. The lowest BCUT2D eigenvalue weighted by molar-refractivity contribution is 0.595. The van der Waals surface area contributed by atoms with Crippen LogP contribution in [0.3, 0.4) is 0 Å². The summed E-state index contributed by atoms with van der Waals surface area (Å²) in [5.74, 6) is 0.